The Morgan fingerprint density at radius 1 is 0.853 bits per heavy atom. The number of hydrogen-bond acceptors (Lipinski definition) is 4. The van der Waals surface area contributed by atoms with Crippen molar-refractivity contribution >= 4 is 18.1 Å². The number of ether oxygens (including phenoxy) is 1. The summed E-state index contributed by atoms with van der Waals surface area (Å²) in [6.45, 7) is 3.77. The van der Waals surface area contributed by atoms with E-state index in [4.69, 9.17) is 4.74 Å². The number of carbonyl (C=O) groups excluding carboxylic acids is 1. The van der Waals surface area contributed by atoms with Gasteiger partial charge in [0, 0.05) is 18.0 Å². The summed E-state index contributed by atoms with van der Waals surface area (Å²) in [5, 5.41) is 10.3. The lowest BCUT2D eigenvalue weighted by Crippen LogP contribution is -2.14. The van der Waals surface area contributed by atoms with Crippen molar-refractivity contribution in [1.29, 1.82) is 0 Å². The van der Waals surface area contributed by atoms with Gasteiger partial charge in [-0.1, -0.05) is 104 Å². The van der Waals surface area contributed by atoms with E-state index in [1.54, 1.807) is 18.3 Å². The standard InChI is InChI=1S/C30H25NO3/c1-22(29(32)28-8-5-19-31-20-28)30(33)34-21-25-13-11-23(12-14-25)9-10-24-15-17-27(18-16-24)26-6-3-2-4-7-26/h2-20,29,32H,1,21H2/b10-9+. The van der Waals surface area contributed by atoms with Gasteiger partial charge >= 0.3 is 5.97 Å². The van der Waals surface area contributed by atoms with Crippen LogP contribution in [0.4, 0.5) is 0 Å². The third kappa shape index (κ3) is 5.94. The minimum Gasteiger partial charge on any atom is -0.457 e. The van der Waals surface area contributed by atoms with Crippen LogP contribution in [0.3, 0.4) is 0 Å². The van der Waals surface area contributed by atoms with Crippen molar-refractivity contribution in [2.45, 2.75) is 12.7 Å². The number of benzene rings is 3. The lowest BCUT2D eigenvalue weighted by molar-refractivity contribution is -0.141. The molecule has 1 aromatic heterocycles. The summed E-state index contributed by atoms with van der Waals surface area (Å²) in [7, 11) is 0. The molecule has 3 aromatic carbocycles. The van der Waals surface area contributed by atoms with Gasteiger partial charge in [-0.2, -0.15) is 0 Å². The van der Waals surface area contributed by atoms with E-state index in [0.29, 0.717) is 5.56 Å². The second-order valence-corrected chi connectivity index (χ2v) is 7.85. The minimum atomic E-state index is -1.14. The summed E-state index contributed by atoms with van der Waals surface area (Å²) >= 11 is 0. The predicted molar refractivity (Wildman–Crippen MR) is 135 cm³/mol. The zero-order chi connectivity index (χ0) is 23.8. The Labute approximate surface area is 199 Å². The fourth-order valence-electron chi connectivity index (χ4n) is 3.43. The van der Waals surface area contributed by atoms with Crippen molar-refractivity contribution in [3.8, 4) is 11.1 Å². The highest BCUT2D eigenvalue weighted by molar-refractivity contribution is 5.89. The van der Waals surface area contributed by atoms with Crippen LogP contribution < -0.4 is 0 Å². The second kappa shape index (κ2) is 11.0. The SMILES string of the molecule is C=C(C(=O)OCc1ccc(/C=C/c2ccc(-c3ccccc3)cc2)cc1)C(O)c1cccnc1. The largest absolute Gasteiger partial charge is 0.457 e. The highest BCUT2D eigenvalue weighted by atomic mass is 16.5. The Morgan fingerprint density at radius 3 is 2.09 bits per heavy atom. The highest BCUT2D eigenvalue weighted by Crippen LogP contribution is 2.22. The van der Waals surface area contributed by atoms with Gasteiger partial charge in [0.2, 0.25) is 0 Å². The lowest BCUT2D eigenvalue weighted by atomic mass is 10.0. The van der Waals surface area contributed by atoms with Crippen LogP contribution in [-0.4, -0.2) is 16.1 Å². The number of esters is 1. The number of aliphatic hydroxyl groups is 1. The molecular formula is C30H25NO3. The maximum absolute atomic E-state index is 12.3. The van der Waals surface area contributed by atoms with Crippen molar-refractivity contribution < 1.29 is 14.6 Å². The van der Waals surface area contributed by atoms with Gasteiger partial charge in [0.25, 0.3) is 0 Å². The number of aromatic nitrogens is 1. The number of aliphatic hydroxyl groups excluding tert-OH is 1. The summed E-state index contributed by atoms with van der Waals surface area (Å²) in [6.07, 6.45) is 6.05. The Bertz CT molecular complexity index is 1260. The van der Waals surface area contributed by atoms with E-state index in [1.807, 2.05) is 48.5 Å². The van der Waals surface area contributed by atoms with Gasteiger partial charge < -0.3 is 9.84 Å². The first-order valence-corrected chi connectivity index (χ1v) is 11.0. The zero-order valence-corrected chi connectivity index (χ0v) is 18.7. The molecule has 0 aliphatic carbocycles. The Morgan fingerprint density at radius 2 is 1.47 bits per heavy atom. The summed E-state index contributed by atoms with van der Waals surface area (Å²) in [5.74, 6) is -0.640. The van der Waals surface area contributed by atoms with E-state index in [-0.39, 0.29) is 12.2 Å². The summed E-state index contributed by atoms with van der Waals surface area (Å²) in [4.78, 5) is 16.2. The lowest BCUT2D eigenvalue weighted by Gasteiger charge is -2.13. The van der Waals surface area contributed by atoms with Gasteiger partial charge in [-0.3, -0.25) is 4.98 Å². The van der Waals surface area contributed by atoms with Crippen molar-refractivity contribution in [2.75, 3.05) is 0 Å². The van der Waals surface area contributed by atoms with Crippen LogP contribution in [0.1, 0.15) is 28.4 Å². The molecule has 0 spiro atoms. The molecule has 0 aliphatic heterocycles. The molecule has 1 unspecified atom stereocenters. The normalized spacial score (nSPS) is 11.8. The molecule has 1 atom stereocenters. The maximum Gasteiger partial charge on any atom is 0.336 e. The number of hydrogen-bond donors (Lipinski definition) is 1. The van der Waals surface area contributed by atoms with E-state index in [1.165, 1.54) is 17.3 Å². The van der Waals surface area contributed by atoms with E-state index in [9.17, 15) is 9.90 Å². The third-order valence-electron chi connectivity index (χ3n) is 5.43. The Hall–Kier alpha value is -4.28. The van der Waals surface area contributed by atoms with Gasteiger partial charge in [-0.15, -0.1) is 0 Å². The van der Waals surface area contributed by atoms with Crippen LogP contribution in [-0.2, 0) is 16.1 Å². The molecule has 34 heavy (non-hydrogen) atoms. The quantitative estimate of drug-likeness (QED) is 0.197. The van der Waals surface area contributed by atoms with Crippen LogP contribution in [0.15, 0.2) is 116 Å². The molecule has 0 amide bonds. The molecule has 0 fully saturated rings. The smallest absolute Gasteiger partial charge is 0.336 e. The van der Waals surface area contributed by atoms with Crippen LogP contribution in [0.25, 0.3) is 23.3 Å². The van der Waals surface area contributed by atoms with Gasteiger partial charge in [0.1, 0.15) is 12.7 Å². The highest BCUT2D eigenvalue weighted by Gasteiger charge is 2.19. The van der Waals surface area contributed by atoms with Gasteiger partial charge in [0.05, 0.1) is 5.57 Å². The molecule has 0 saturated heterocycles. The average molecular weight is 448 g/mol. The summed E-state index contributed by atoms with van der Waals surface area (Å²) in [5.41, 5.74) is 5.86. The first kappa shape index (κ1) is 22.9. The molecule has 4 heteroatoms. The fourth-order valence-corrected chi connectivity index (χ4v) is 3.43. The second-order valence-electron chi connectivity index (χ2n) is 7.85. The number of nitrogens with zero attached hydrogens (tertiary/aromatic N) is 1. The number of pyridine rings is 1. The molecule has 0 bridgehead atoms. The molecule has 0 radical (unpaired) electrons. The van der Waals surface area contributed by atoms with Crippen molar-refractivity contribution in [1.82, 2.24) is 4.98 Å². The Kier molecular flexibility index (Phi) is 7.43. The van der Waals surface area contributed by atoms with E-state index in [2.05, 4.69) is 54.0 Å². The molecule has 4 nitrogen and oxygen atoms in total. The zero-order valence-electron chi connectivity index (χ0n) is 18.7. The molecule has 4 aromatic rings. The third-order valence-corrected chi connectivity index (χ3v) is 5.43. The predicted octanol–water partition coefficient (Wildman–Crippen LogP) is 6.25. The first-order chi connectivity index (χ1) is 16.6. The minimum absolute atomic E-state index is 0.0224. The van der Waals surface area contributed by atoms with E-state index >= 15 is 0 Å². The van der Waals surface area contributed by atoms with Crippen LogP contribution in [0.2, 0.25) is 0 Å². The van der Waals surface area contributed by atoms with Crippen molar-refractivity contribution in [3.63, 3.8) is 0 Å². The van der Waals surface area contributed by atoms with Crippen LogP contribution >= 0.6 is 0 Å². The number of rotatable bonds is 8. The molecule has 168 valence electrons. The fraction of sp³-hybridized carbons (Fsp3) is 0.0667. The van der Waals surface area contributed by atoms with E-state index < -0.39 is 12.1 Å². The van der Waals surface area contributed by atoms with Crippen LogP contribution in [0.5, 0.6) is 0 Å². The average Bonchev–Trinajstić information content (AvgIpc) is 2.91. The molecule has 0 aliphatic rings. The molecule has 1 N–H and O–H groups in total. The topological polar surface area (TPSA) is 59.4 Å². The molecule has 1 heterocycles. The molecule has 0 saturated carbocycles. The van der Waals surface area contributed by atoms with Gasteiger partial charge in [-0.25, -0.2) is 4.79 Å². The van der Waals surface area contributed by atoms with E-state index in [0.717, 1.165) is 16.7 Å². The maximum atomic E-state index is 12.3. The van der Waals surface area contributed by atoms with Gasteiger partial charge in [-0.05, 0) is 33.9 Å². The monoisotopic (exact) mass is 447 g/mol. The first-order valence-electron chi connectivity index (χ1n) is 11.0. The number of carbonyl (C=O) groups is 1. The van der Waals surface area contributed by atoms with Gasteiger partial charge in [0.15, 0.2) is 0 Å². The Balaban J connectivity index is 1.30. The summed E-state index contributed by atoms with van der Waals surface area (Å²) in [6, 6.07) is 29.8. The van der Waals surface area contributed by atoms with Crippen LogP contribution in [0, 0.1) is 0 Å². The van der Waals surface area contributed by atoms with Crippen molar-refractivity contribution in [2.24, 2.45) is 0 Å². The summed E-state index contributed by atoms with van der Waals surface area (Å²) < 4.78 is 5.31. The van der Waals surface area contributed by atoms with Crippen molar-refractivity contribution in [3.05, 3.63) is 138 Å². The molecular weight excluding hydrogens is 422 g/mol. The molecule has 4 rings (SSSR count).